The molecule has 0 radical (unpaired) electrons. The average Bonchev–Trinajstić information content (AvgIpc) is 3.15. The maximum absolute atomic E-state index is 12.8. The number of amides is 1. The Labute approximate surface area is 128 Å². The first-order chi connectivity index (χ1) is 9.65. The van der Waals surface area contributed by atoms with Crippen molar-refractivity contribution in [3.63, 3.8) is 0 Å². The zero-order valence-corrected chi connectivity index (χ0v) is 13.4. The molecule has 0 bridgehead atoms. The summed E-state index contributed by atoms with van der Waals surface area (Å²) in [5, 5.41) is 0. The van der Waals surface area contributed by atoms with E-state index < -0.39 is 0 Å². The van der Waals surface area contributed by atoms with E-state index in [0.29, 0.717) is 12.0 Å². The van der Waals surface area contributed by atoms with E-state index >= 15 is 0 Å². The molecule has 1 heterocycles. The zero-order valence-electron chi connectivity index (χ0n) is 11.8. The Kier molecular flexibility index (Phi) is 4.13. The van der Waals surface area contributed by atoms with Crippen LogP contribution in [0.5, 0.6) is 0 Å². The number of halogens is 1. The lowest BCUT2D eigenvalue weighted by molar-refractivity contribution is 0.0705. The van der Waals surface area contributed by atoms with Crippen molar-refractivity contribution < 1.29 is 9.53 Å². The molecule has 1 amide bonds. The van der Waals surface area contributed by atoms with E-state index in [1.54, 1.807) is 0 Å². The highest BCUT2D eigenvalue weighted by molar-refractivity contribution is 9.10. The van der Waals surface area contributed by atoms with Crippen molar-refractivity contribution in [3.8, 4) is 0 Å². The van der Waals surface area contributed by atoms with Gasteiger partial charge in [-0.15, -0.1) is 0 Å². The van der Waals surface area contributed by atoms with Crippen LogP contribution in [-0.2, 0) is 4.74 Å². The van der Waals surface area contributed by atoms with Crippen molar-refractivity contribution in [3.05, 3.63) is 33.8 Å². The molecule has 108 valence electrons. The van der Waals surface area contributed by atoms with Crippen molar-refractivity contribution in [2.24, 2.45) is 5.92 Å². The van der Waals surface area contributed by atoms with Crippen LogP contribution in [0, 0.1) is 12.8 Å². The highest BCUT2D eigenvalue weighted by Gasteiger charge is 2.35. The van der Waals surface area contributed by atoms with Gasteiger partial charge in [0.05, 0.1) is 12.2 Å². The first kappa shape index (κ1) is 14.1. The van der Waals surface area contributed by atoms with E-state index in [4.69, 9.17) is 4.74 Å². The van der Waals surface area contributed by atoms with Gasteiger partial charge in [0.1, 0.15) is 0 Å². The summed E-state index contributed by atoms with van der Waals surface area (Å²) in [7, 11) is 0. The molecule has 4 heteroatoms. The smallest absolute Gasteiger partial charge is 0.255 e. The number of rotatable bonds is 4. The van der Waals surface area contributed by atoms with Crippen molar-refractivity contribution in [1.82, 2.24) is 4.90 Å². The molecule has 1 atom stereocenters. The highest BCUT2D eigenvalue weighted by atomic mass is 79.9. The largest absolute Gasteiger partial charge is 0.381 e. The number of carbonyl (C=O) groups is 1. The maximum atomic E-state index is 12.8. The predicted octanol–water partition coefficient (Wildman–Crippen LogP) is 3.40. The molecule has 1 unspecified atom stereocenters. The summed E-state index contributed by atoms with van der Waals surface area (Å²) in [6, 6.07) is 6.40. The van der Waals surface area contributed by atoms with Gasteiger partial charge in [0.2, 0.25) is 0 Å². The molecule has 3 rings (SSSR count). The summed E-state index contributed by atoms with van der Waals surface area (Å²) in [6.45, 7) is 4.50. The van der Waals surface area contributed by atoms with Crippen LogP contribution in [0.1, 0.15) is 35.2 Å². The molecule has 1 aliphatic heterocycles. The lowest BCUT2D eigenvalue weighted by Gasteiger charge is -2.26. The molecule has 1 saturated heterocycles. The monoisotopic (exact) mass is 337 g/mol. The minimum atomic E-state index is 0.162. The quantitative estimate of drug-likeness (QED) is 0.842. The van der Waals surface area contributed by atoms with Gasteiger partial charge in [0, 0.05) is 29.6 Å². The number of carbonyl (C=O) groups excluding carboxylic acids is 1. The van der Waals surface area contributed by atoms with Crippen LogP contribution in [0.15, 0.2) is 22.7 Å². The van der Waals surface area contributed by atoms with E-state index in [-0.39, 0.29) is 5.91 Å². The Morgan fingerprint density at radius 2 is 2.20 bits per heavy atom. The molecule has 20 heavy (non-hydrogen) atoms. The van der Waals surface area contributed by atoms with E-state index in [0.717, 1.165) is 54.6 Å². The standard InChI is InChI=1S/C16H20BrNO2/c1-11-2-5-15(17)14(8-11)16(19)18(13-3-4-13)9-12-6-7-20-10-12/h2,5,8,12-13H,3-4,6-7,9-10H2,1H3. The van der Waals surface area contributed by atoms with Crippen molar-refractivity contribution in [2.75, 3.05) is 19.8 Å². The first-order valence-corrected chi connectivity index (χ1v) is 8.09. The highest BCUT2D eigenvalue weighted by Crippen LogP contribution is 2.31. The number of hydrogen-bond donors (Lipinski definition) is 0. The second-order valence-electron chi connectivity index (χ2n) is 5.90. The van der Waals surface area contributed by atoms with Gasteiger partial charge >= 0.3 is 0 Å². The minimum absolute atomic E-state index is 0.162. The number of benzene rings is 1. The fraction of sp³-hybridized carbons (Fsp3) is 0.562. The van der Waals surface area contributed by atoms with E-state index in [1.807, 2.05) is 25.1 Å². The van der Waals surface area contributed by atoms with Crippen LogP contribution in [-0.4, -0.2) is 36.6 Å². The topological polar surface area (TPSA) is 29.5 Å². The molecular weight excluding hydrogens is 318 g/mol. The van der Waals surface area contributed by atoms with Gasteiger partial charge in [-0.3, -0.25) is 4.79 Å². The Hall–Kier alpha value is -0.870. The van der Waals surface area contributed by atoms with Gasteiger partial charge < -0.3 is 9.64 Å². The Morgan fingerprint density at radius 3 is 2.85 bits per heavy atom. The van der Waals surface area contributed by atoms with Gasteiger partial charge in [0.15, 0.2) is 0 Å². The Balaban J connectivity index is 1.79. The molecule has 2 fully saturated rings. The van der Waals surface area contributed by atoms with Gasteiger partial charge in [-0.1, -0.05) is 11.6 Å². The minimum Gasteiger partial charge on any atom is -0.381 e. The fourth-order valence-electron chi connectivity index (χ4n) is 2.75. The summed E-state index contributed by atoms with van der Waals surface area (Å²) in [4.78, 5) is 14.9. The molecule has 0 spiro atoms. The van der Waals surface area contributed by atoms with E-state index in [9.17, 15) is 4.79 Å². The molecule has 0 N–H and O–H groups in total. The summed E-state index contributed by atoms with van der Waals surface area (Å²) in [5.74, 6) is 0.665. The molecule has 2 aliphatic rings. The molecule has 0 aromatic heterocycles. The average molecular weight is 338 g/mol. The van der Waals surface area contributed by atoms with Crippen LogP contribution in [0.2, 0.25) is 0 Å². The second kappa shape index (κ2) is 5.86. The molecule has 1 aromatic carbocycles. The summed E-state index contributed by atoms with van der Waals surface area (Å²) < 4.78 is 6.33. The molecule has 1 aromatic rings. The lowest BCUT2D eigenvalue weighted by Crippen LogP contribution is -2.37. The van der Waals surface area contributed by atoms with Gasteiger partial charge in [-0.25, -0.2) is 0 Å². The van der Waals surface area contributed by atoms with Crippen LogP contribution < -0.4 is 0 Å². The Bertz CT molecular complexity index is 507. The second-order valence-corrected chi connectivity index (χ2v) is 6.76. The lowest BCUT2D eigenvalue weighted by atomic mass is 10.1. The molecule has 1 saturated carbocycles. The summed E-state index contributed by atoms with van der Waals surface area (Å²) in [5.41, 5.74) is 1.91. The van der Waals surface area contributed by atoms with Gasteiger partial charge in [-0.2, -0.15) is 0 Å². The number of ether oxygens (including phenoxy) is 1. The predicted molar refractivity (Wildman–Crippen MR) is 81.9 cm³/mol. The molecular formula is C16H20BrNO2. The van der Waals surface area contributed by atoms with Gasteiger partial charge in [-0.05, 0) is 54.2 Å². The molecule has 3 nitrogen and oxygen atoms in total. The van der Waals surface area contributed by atoms with Crippen LogP contribution in [0.3, 0.4) is 0 Å². The first-order valence-electron chi connectivity index (χ1n) is 7.30. The van der Waals surface area contributed by atoms with E-state index in [2.05, 4.69) is 20.8 Å². The Morgan fingerprint density at radius 1 is 1.40 bits per heavy atom. The molecule has 1 aliphatic carbocycles. The van der Waals surface area contributed by atoms with Crippen LogP contribution >= 0.6 is 15.9 Å². The normalized spacial score (nSPS) is 22.0. The zero-order chi connectivity index (χ0) is 14.1. The third-order valence-corrected chi connectivity index (χ3v) is 4.77. The number of aryl methyl sites for hydroxylation is 1. The van der Waals surface area contributed by atoms with Crippen molar-refractivity contribution >= 4 is 21.8 Å². The summed E-state index contributed by atoms with van der Waals surface area (Å²) >= 11 is 3.51. The number of nitrogens with zero attached hydrogens (tertiary/aromatic N) is 1. The third-order valence-electron chi connectivity index (χ3n) is 4.08. The summed E-state index contributed by atoms with van der Waals surface area (Å²) in [6.07, 6.45) is 3.36. The van der Waals surface area contributed by atoms with Crippen LogP contribution in [0.4, 0.5) is 0 Å². The SMILES string of the molecule is Cc1ccc(Br)c(C(=O)N(CC2CCOC2)C2CC2)c1. The van der Waals surface area contributed by atoms with E-state index in [1.165, 1.54) is 0 Å². The fourth-order valence-corrected chi connectivity index (χ4v) is 3.16. The van der Waals surface area contributed by atoms with Gasteiger partial charge in [0.25, 0.3) is 5.91 Å². The maximum Gasteiger partial charge on any atom is 0.255 e. The van der Waals surface area contributed by atoms with Crippen molar-refractivity contribution in [2.45, 2.75) is 32.2 Å². The van der Waals surface area contributed by atoms with Crippen molar-refractivity contribution in [1.29, 1.82) is 0 Å². The van der Waals surface area contributed by atoms with Crippen LogP contribution in [0.25, 0.3) is 0 Å². The third kappa shape index (κ3) is 3.07. The number of hydrogen-bond acceptors (Lipinski definition) is 2.